The van der Waals surface area contributed by atoms with Crippen molar-refractivity contribution < 1.29 is 0 Å². The zero-order chi connectivity index (χ0) is 15.0. The second-order valence-corrected chi connectivity index (χ2v) is 6.82. The molecule has 1 heterocycles. The first-order valence-electron chi connectivity index (χ1n) is 8.30. The van der Waals surface area contributed by atoms with Crippen LogP contribution in [0.4, 0.5) is 0 Å². The van der Waals surface area contributed by atoms with Crippen LogP contribution in [0.3, 0.4) is 0 Å². The monoisotopic (exact) mass is 299 g/mol. The van der Waals surface area contributed by atoms with E-state index in [1.807, 2.05) is 11.8 Å². The van der Waals surface area contributed by atoms with Gasteiger partial charge in [0.15, 0.2) is 5.17 Å². The van der Waals surface area contributed by atoms with Gasteiger partial charge < -0.3 is 10.2 Å². The van der Waals surface area contributed by atoms with Crippen LogP contribution in [-0.2, 0) is 0 Å². The van der Waals surface area contributed by atoms with Gasteiger partial charge in [-0.3, -0.25) is 4.99 Å². The average Bonchev–Trinajstić information content (AvgIpc) is 2.87. The molecule has 1 rings (SSSR count). The van der Waals surface area contributed by atoms with E-state index in [1.54, 1.807) is 0 Å². The fourth-order valence-electron chi connectivity index (χ4n) is 2.62. The summed E-state index contributed by atoms with van der Waals surface area (Å²) in [7, 11) is 0. The molecule has 4 heteroatoms. The normalized spacial score (nSPS) is 21.4. The second-order valence-electron chi connectivity index (χ2n) is 5.85. The molecule has 1 aliphatic rings. The van der Waals surface area contributed by atoms with Gasteiger partial charge in [0.25, 0.3) is 0 Å². The fraction of sp³-hybridized carbons (Fsp3) is 0.938. The maximum absolute atomic E-state index is 4.87. The minimum Gasteiger partial charge on any atom is -0.359 e. The van der Waals surface area contributed by atoms with Crippen molar-refractivity contribution in [2.75, 3.05) is 25.4 Å². The van der Waals surface area contributed by atoms with Crippen LogP contribution in [0.15, 0.2) is 4.99 Å². The van der Waals surface area contributed by atoms with Gasteiger partial charge in [0.2, 0.25) is 0 Å². The number of amidine groups is 1. The molecule has 0 amide bonds. The summed E-state index contributed by atoms with van der Waals surface area (Å²) in [6, 6.07) is 0.435. The third kappa shape index (κ3) is 5.28. The SMILES string of the molecule is CCN(CC)CCCC(C)N=C1NC(CC)(CC)CS1. The summed E-state index contributed by atoms with van der Waals surface area (Å²) >= 11 is 1.90. The topological polar surface area (TPSA) is 27.6 Å². The Labute approximate surface area is 130 Å². The van der Waals surface area contributed by atoms with Crippen molar-refractivity contribution in [2.24, 2.45) is 4.99 Å². The summed E-state index contributed by atoms with van der Waals surface area (Å²) in [5.74, 6) is 1.17. The average molecular weight is 300 g/mol. The van der Waals surface area contributed by atoms with E-state index in [1.165, 1.54) is 43.1 Å². The molecule has 0 radical (unpaired) electrons. The van der Waals surface area contributed by atoms with E-state index in [9.17, 15) is 0 Å². The minimum atomic E-state index is 0.296. The molecule has 0 bridgehead atoms. The van der Waals surface area contributed by atoms with Crippen molar-refractivity contribution >= 4 is 16.9 Å². The first kappa shape index (κ1) is 17.8. The molecule has 0 aliphatic carbocycles. The van der Waals surface area contributed by atoms with Crippen LogP contribution in [0.2, 0.25) is 0 Å². The molecule has 1 aliphatic heterocycles. The van der Waals surface area contributed by atoms with E-state index < -0.39 is 0 Å². The van der Waals surface area contributed by atoms with Crippen molar-refractivity contribution in [1.82, 2.24) is 10.2 Å². The predicted octanol–water partition coefficient (Wildman–Crippen LogP) is 3.75. The molecule has 1 fully saturated rings. The summed E-state index contributed by atoms with van der Waals surface area (Å²) < 4.78 is 0. The lowest BCUT2D eigenvalue weighted by Gasteiger charge is -2.25. The van der Waals surface area contributed by atoms with Crippen LogP contribution in [0, 0.1) is 0 Å². The zero-order valence-electron chi connectivity index (χ0n) is 14.0. The van der Waals surface area contributed by atoms with Gasteiger partial charge in [-0.1, -0.05) is 39.5 Å². The van der Waals surface area contributed by atoms with Gasteiger partial charge in [-0.2, -0.15) is 0 Å². The van der Waals surface area contributed by atoms with Crippen LogP contribution < -0.4 is 5.32 Å². The van der Waals surface area contributed by atoms with Gasteiger partial charge in [-0.15, -0.1) is 0 Å². The zero-order valence-corrected chi connectivity index (χ0v) is 14.9. The summed E-state index contributed by atoms with van der Waals surface area (Å²) in [6.45, 7) is 14.8. The Balaban J connectivity index is 2.35. The van der Waals surface area contributed by atoms with E-state index >= 15 is 0 Å². The van der Waals surface area contributed by atoms with Gasteiger partial charge in [-0.05, 0) is 52.2 Å². The molecule has 20 heavy (non-hydrogen) atoms. The number of rotatable bonds is 9. The Hall–Kier alpha value is -0.220. The van der Waals surface area contributed by atoms with Crippen molar-refractivity contribution in [3.8, 4) is 0 Å². The van der Waals surface area contributed by atoms with E-state index in [2.05, 4.69) is 44.8 Å². The molecule has 0 aromatic rings. The molecule has 1 saturated heterocycles. The lowest BCUT2D eigenvalue weighted by molar-refractivity contribution is 0.294. The van der Waals surface area contributed by atoms with Crippen molar-refractivity contribution in [3.63, 3.8) is 0 Å². The maximum Gasteiger partial charge on any atom is 0.157 e. The van der Waals surface area contributed by atoms with Crippen LogP contribution in [0.25, 0.3) is 0 Å². The number of hydrogen-bond acceptors (Lipinski definition) is 3. The van der Waals surface area contributed by atoms with E-state index in [-0.39, 0.29) is 0 Å². The number of hydrogen-bond donors (Lipinski definition) is 1. The lowest BCUT2D eigenvalue weighted by atomic mass is 9.96. The maximum atomic E-state index is 4.87. The van der Waals surface area contributed by atoms with Gasteiger partial charge >= 0.3 is 0 Å². The van der Waals surface area contributed by atoms with Crippen LogP contribution in [0.1, 0.15) is 60.3 Å². The van der Waals surface area contributed by atoms with E-state index in [4.69, 9.17) is 4.99 Å². The van der Waals surface area contributed by atoms with E-state index in [0.29, 0.717) is 11.6 Å². The Morgan fingerprint density at radius 3 is 2.40 bits per heavy atom. The quantitative estimate of drug-likeness (QED) is 0.702. The number of thioether (sulfide) groups is 1. The lowest BCUT2D eigenvalue weighted by Crippen LogP contribution is -2.42. The molecule has 0 saturated carbocycles. The molecule has 0 aromatic heterocycles. The third-order valence-electron chi connectivity index (χ3n) is 4.54. The summed E-state index contributed by atoms with van der Waals surface area (Å²) in [5, 5.41) is 4.83. The Morgan fingerprint density at radius 2 is 1.90 bits per heavy atom. The first-order valence-corrected chi connectivity index (χ1v) is 9.28. The van der Waals surface area contributed by atoms with Gasteiger partial charge in [0.1, 0.15) is 0 Å². The first-order chi connectivity index (χ1) is 9.59. The summed E-state index contributed by atoms with van der Waals surface area (Å²) in [5.41, 5.74) is 0.296. The minimum absolute atomic E-state index is 0.296. The molecular formula is C16H33N3S. The van der Waals surface area contributed by atoms with Crippen LogP contribution >= 0.6 is 11.8 Å². The standard InChI is InChI=1S/C16H33N3S/c1-6-16(7-2)13-20-15(18-16)17-14(5)11-10-12-19(8-3)9-4/h14H,6-13H2,1-5H3,(H,17,18). The number of nitrogens with zero attached hydrogens (tertiary/aromatic N) is 2. The second kappa shape index (κ2) is 8.93. The highest BCUT2D eigenvalue weighted by atomic mass is 32.2. The molecule has 1 unspecified atom stereocenters. The summed E-state index contributed by atoms with van der Waals surface area (Å²) in [6.07, 6.45) is 4.81. The van der Waals surface area contributed by atoms with Crippen LogP contribution in [0.5, 0.6) is 0 Å². The van der Waals surface area contributed by atoms with Crippen molar-refractivity contribution in [1.29, 1.82) is 0 Å². The van der Waals surface area contributed by atoms with Crippen molar-refractivity contribution in [3.05, 3.63) is 0 Å². The molecule has 0 aromatic carbocycles. The van der Waals surface area contributed by atoms with Crippen LogP contribution in [-0.4, -0.2) is 47.0 Å². The third-order valence-corrected chi connectivity index (χ3v) is 5.72. The van der Waals surface area contributed by atoms with E-state index in [0.717, 1.165) is 13.1 Å². The molecule has 0 spiro atoms. The number of nitrogens with one attached hydrogen (secondary N) is 1. The molecule has 3 nitrogen and oxygen atoms in total. The largest absolute Gasteiger partial charge is 0.359 e. The smallest absolute Gasteiger partial charge is 0.157 e. The van der Waals surface area contributed by atoms with Gasteiger partial charge in [0, 0.05) is 11.3 Å². The highest BCUT2D eigenvalue weighted by Gasteiger charge is 2.33. The Kier molecular flexibility index (Phi) is 7.96. The molecular weight excluding hydrogens is 266 g/mol. The van der Waals surface area contributed by atoms with Crippen molar-refractivity contribution in [2.45, 2.75) is 71.9 Å². The Bertz CT molecular complexity index is 296. The predicted molar refractivity (Wildman–Crippen MR) is 92.8 cm³/mol. The summed E-state index contributed by atoms with van der Waals surface area (Å²) in [4.78, 5) is 7.35. The molecule has 118 valence electrons. The van der Waals surface area contributed by atoms with Gasteiger partial charge in [-0.25, -0.2) is 0 Å². The highest BCUT2D eigenvalue weighted by molar-refractivity contribution is 8.14. The van der Waals surface area contributed by atoms with Gasteiger partial charge in [0.05, 0.1) is 6.04 Å². The molecule has 1 atom stereocenters. The highest BCUT2D eigenvalue weighted by Crippen LogP contribution is 2.29. The fourth-order valence-corrected chi connectivity index (χ4v) is 4.06. The molecule has 1 N–H and O–H groups in total. The Morgan fingerprint density at radius 1 is 1.25 bits per heavy atom. The number of aliphatic imine (C=N–C) groups is 1.